The van der Waals surface area contributed by atoms with E-state index in [0.29, 0.717) is 12.1 Å². The maximum atomic E-state index is 13.7. The number of carbonyl (C=O) groups excluding carboxylic acids is 1. The Morgan fingerprint density at radius 1 is 1.32 bits per heavy atom. The molecule has 1 saturated carbocycles. The average molecular weight is 261 g/mol. The molecule has 1 aliphatic carbocycles. The van der Waals surface area contributed by atoms with E-state index in [0.717, 1.165) is 25.7 Å². The molecule has 0 radical (unpaired) electrons. The number of rotatable bonds is 4. The summed E-state index contributed by atoms with van der Waals surface area (Å²) in [7, 11) is 0. The summed E-state index contributed by atoms with van der Waals surface area (Å²) in [4.78, 5) is 13.8. The van der Waals surface area contributed by atoms with Crippen LogP contribution in [0.25, 0.3) is 0 Å². The molecule has 0 heterocycles. The Morgan fingerprint density at radius 2 is 2.00 bits per heavy atom. The van der Waals surface area contributed by atoms with Gasteiger partial charge in [-0.2, -0.15) is 0 Å². The first-order chi connectivity index (χ1) is 9.22. The van der Waals surface area contributed by atoms with E-state index in [1.165, 1.54) is 18.6 Å². The highest BCUT2D eigenvalue weighted by Crippen LogP contribution is 2.25. The zero-order chi connectivity index (χ0) is 13.7. The molecular formula is C16H20FNO. The lowest BCUT2D eigenvalue weighted by Crippen LogP contribution is -2.40. The first-order valence-electron chi connectivity index (χ1n) is 6.89. The van der Waals surface area contributed by atoms with E-state index >= 15 is 0 Å². The Morgan fingerprint density at radius 3 is 2.63 bits per heavy atom. The monoisotopic (exact) mass is 261 g/mol. The van der Waals surface area contributed by atoms with E-state index in [4.69, 9.17) is 0 Å². The molecule has 2 rings (SSSR count). The lowest BCUT2D eigenvalue weighted by atomic mass is 9.93. The second kappa shape index (κ2) is 6.50. The van der Waals surface area contributed by atoms with Crippen molar-refractivity contribution in [2.24, 2.45) is 0 Å². The van der Waals surface area contributed by atoms with Gasteiger partial charge >= 0.3 is 0 Å². The molecule has 1 aromatic carbocycles. The zero-order valence-electron chi connectivity index (χ0n) is 11.1. The van der Waals surface area contributed by atoms with E-state index in [1.54, 1.807) is 23.1 Å². The standard InChI is InChI=1S/C16H20FNO/c1-2-16(19)18(14-9-4-3-5-10-14)12-13-8-6-7-11-15(13)17/h2,6-8,11,14H,1,3-5,9-10,12H2. The van der Waals surface area contributed by atoms with Crippen LogP contribution in [0.1, 0.15) is 37.7 Å². The predicted octanol–water partition coefficient (Wildman–Crippen LogP) is 3.67. The van der Waals surface area contributed by atoms with Crippen molar-refractivity contribution in [3.63, 3.8) is 0 Å². The molecule has 1 amide bonds. The number of amides is 1. The van der Waals surface area contributed by atoms with Crippen molar-refractivity contribution < 1.29 is 9.18 Å². The highest BCUT2D eigenvalue weighted by molar-refractivity contribution is 5.87. The second-order valence-corrected chi connectivity index (χ2v) is 5.05. The molecule has 1 aromatic rings. The SMILES string of the molecule is C=CC(=O)N(Cc1ccccc1F)C1CCCCC1. The highest BCUT2D eigenvalue weighted by Gasteiger charge is 2.24. The predicted molar refractivity (Wildman–Crippen MR) is 74.0 cm³/mol. The Bertz CT molecular complexity index is 452. The van der Waals surface area contributed by atoms with Crippen molar-refractivity contribution in [2.45, 2.75) is 44.7 Å². The molecule has 1 aliphatic rings. The lowest BCUT2D eigenvalue weighted by molar-refractivity contribution is -0.129. The molecule has 19 heavy (non-hydrogen) atoms. The largest absolute Gasteiger partial charge is 0.332 e. The van der Waals surface area contributed by atoms with Gasteiger partial charge < -0.3 is 4.90 Å². The number of nitrogens with zero attached hydrogens (tertiary/aromatic N) is 1. The fraction of sp³-hybridized carbons (Fsp3) is 0.438. The smallest absolute Gasteiger partial charge is 0.246 e. The van der Waals surface area contributed by atoms with Crippen molar-refractivity contribution in [1.82, 2.24) is 4.90 Å². The van der Waals surface area contributed by atoms with Gasteiger partial charge in [0.2, 0.25) is 5.91 Å². The van der Waals surface area contributed by atoms with Gasteiger partial charge in [0.05, 0.1) is 0 Å². The summed E-state index contributed by atoms with van der Waals surface area (Å²) in [5.41, 5.74) is 0.572. The molecule has 3 heteroatoms. The van der Waals surface area contributed by atoms with Gasteiger partial charge in [0.25, 0.3) is 0 Å². The summed E-state index contributed by atoms with van der Waals surface area (Å²) in [5, 5.41) is 0. The minimum atomic E-state index is -0.250. The van der Waals surface area contributed by atoms with Gasteiger partial charge in [0.1, 0.15) is 5.82 Å². The Balaban J connectivity index is 2.16. The van der Waals surface area contributed by atoms with Gasteiger partial charge in [-0.25, -0.2) is 4.39 Å². The molecule has 0 unspecified atom stereocenters. The van der Waals surface area contributed by atoms with Crippen LogP contribution in [0.3, 0.4) is 0 Å². The van der Waals surface area contributed by atoms with Crippen LogP contribution in [0.15, 0.2) is 36.9 Å². The van der Waals surface area contributed by atoms with Gasteiger partial charge in [-0.15, -0.1) is 0 Å². The minimum absolute atomic E-state index is 0.102. The molecule has 0 atom stereocenters. The van der Waals surface area contributed by atoms with Crippen molar-refractivity contribution in [3.05, 3.63) is 48.3 Å². The van der Waals surface area contributed by atoms with Crippen LogP contribution in [0, 0.1) is 5.82 Å². The van der Waals surface area contributed by atoms with Crippen LogP contribution >= 0.6 is 0 Å². The molecule has 0 bridgehead atoms. The maximum absolute atomic E-state index is 13.7. The van der Waals surface area contributed by atoms with Gasteiger partial charge in [0.15, 0.2) is 0 Å². The average Bonchev–Trinajstić information content (AvgIpc) is 2.46. The topological polar surface area (TPSA) is 20.3 Å². The summed E-state index contributed by atoms with van der Waals surface area (Å²) in [5.74, 6) is -0.352. The fourth-order valence-corrected chi connectivity index (χ4v) is 2.71. The summed E-state index contributed by atoms with van der Waals surface area (Å²) in [6.07, 6.45) is 6.86. The Hall–Kier alpha value is -1.64. The van der Waals surface area contributed by atoms with Gasteiger partial charge in [-0.1, -0.05) is 44.0 Å². The molecule has 0 aliphatic heterocycles. The van der Waals surface area contributed by atoms with Crippen LogP contribution in [-0.4, -0.2) is 16.8 Å². The number of carbonyl (C=O) groups is 1. The fourth-order valence-electron chi connectivity index (χ4n) is 2.71. The molecule has 102 valence electrons. The van der Waals surface area contributed by atoms with E-state index in [9.17, 15) is 9.18 Å². The molecule has 0 N–H and O–H groups in total. The van der Waals surface area contributed by atoms with Crippen molar-refractivity contribution in [3.8, 4) is 0 Å². The molecule has 2 nitrogen and oxygen atoms in total. The molecular weight excluding hydrogens is 241 g/mol. The number of halogens is 1. The molecule has 1 fully saturated rings. The first-order valence-corrected chi connectivity index (χ1v) is 6.89. The Kier molecular flexibility index (Phi) is 4.72. The molecule has 0 saturated heterocycles. The maximum Gasteiger partial charge on any atom is 0.246 e. The summed E-state index contributed by atoms with van der Waals surface area (Å²) < 4.78 is 13.7. The minimum Gasteiger partial charge on any atom is -0.332 e. The van der Waals surface area contributed by atoms with Gasteiger partial charge in [-0.3, -0.25) is 4.79 Å². The van der Waals surface area contributed by atoms with E-state index in [2.05, 4.69) is 6.58 Å². The summed E-state index contributed by atoms with van der Waals surface area (Å²) in [6, 6.07) is 6.86. The second-order valence-electron chi connectivity index (χ2n) is 5.05. The van der Waals surface area contributed by atoms with Crippen LogP contribution in [-0.2, 0) is 11.3 Å². The highest BCUT2D eigenvalue weighted by atomic mass is 19.1. The third-order valence-electron chi connectivity index (χ3n) is 3.77. The summed E-state index contributed by atoms with van der Waals surface area (Å²) in [6.45, 7) is 3.89. The third kappa shape index (κ3) is 3.43. The molecule has 0 aromatic heterocycles. The third-order valence-corrected chi connectivity index (χ3v) is 3.77. The van der Waals surface area contributed by atoms with Gasteiger partial charge in [-0.05, 0) is 25.0 Å². The van der Waals surface area contributed by atoms with Crippen LogP contribution < -0.4 is 0 Å². The van der Waals surface area contributed by atoms with Crippen LogP contribution in [0.5, 0.6) is 0 Å². The first kappa shape index (κ1) is 13.8. The van der Waals surface area contributed by atoms with Gasteiger partial charge in [0, 0.05) is 18.2 Å². The number of hydrogen-bond acceptors (Lipinski definition) is 1. The lowest BCUT2D eigenvalue weighted by Gasteiger charge is -2.34. The number of hydrogen-bond donors (Lipinski definition) is 0. The van der Waals surface area contributed by atoms with E-state index < -0.39 is 0 Å². The van der Waals surface area contributed by atoms with Crippen LogP contribution in [0.4, 0.5) is 4.39 Å². The number of benzene rings is 1. The van der Waals surface area contributed by atoms with E-state index in [-0.39, 0.29) is 17.8 Å². The quantitative estimate of drug-likeness (QED) is 0.757. The van der Waals surface area contributed by atoms with Crippen molar-refractivity contribution in [2.75, 3.05) is 0 Å². The summed E-state index contributed by atoms with van der Waals surface area (Å²) >= 11 is 0. The molecule has 0 spiro atoms. The van der Waals surface area contributed by atoms with E-state index in [1.807, 2.05) is 0 Å². The van der Waals surface area contributed by atoms with Crippen molar-refractivity contribution in [1.29, 1.82) is 0 Å². The van der Waals surface area contributed by atoms with Crippen molar-refractivity contribution >= 4 is 5.91 Å². The Labute approximate surface area is 113 Å². The normalized spacial score (nSPS) is 16.1. The zero-order valence-corrected chi connectivity index (χ0v) is 11.1. The van der Waals surface area contributed by atoms with Crippen LogP contribution in [0.2, 0.25) is 0 Å².